The number of halogens is 1. The number of benzene rings is 3. The molecule has 0 aliphatic carbocycles. The average molecular weight is 511 g/mol. The highest BCUT2D eigenvalue weighted by Crippen LogP contribution is 2.22. The van der Waals surface area contributed by atoms with Crippen molar-refractivity contribution in [2.75, 3.05) is 31.6 Å². The maximum absolute atomic E-state index is 13.0. The van der Waals surface area contributed by atoms with Crippen LogP contribution in [0.4, 0.5) is 5.69 Å². The SMILES string of the molecule is O=C(Nc1ccc(Cl)cc1C(=O)NN=Cc1cccc(O)c1)c1cccc(CN(CCO)CCO)c1. The summed E-state index contributed by atoms with van der Waals surface area (Å²) in [5.74, 6) is -0.933. The van der Waals surface area contributed by atoms with Crippen molar-refractivity contribution < 1.29 is 24.9 Å². The molecule has 3 rings (SSSR count). The number of carbonyl (C=O) groups excluding carboxylic acids is 2. The minimum atomic E-state index is -0.582. The molecule has 9 nitrogen and oxygen atoms in total. The maximum atomic E-state index is 13.0. The summed E-state index contributed by atoms with van der Waals surface area (Å²) < 4.78 is 0. The number of hydrogen-bond acceptors (Lipinski definition) is 7. The normalized spacial score (nSPS) is 11.1. The molecule has 0 aliphatic heterocycles. The van der Waals surface area contributed by atoms with E-state index in [1.165, 1.54) is 30.5 Å². The molecule has 36 heavy (non-hydrogen) atoms. The van der Waals surface area contributed by atoms with Crippen molar-refractivity contribution in [3.05, 3.63) is 94.0 Å². The molecular weight excluding hydrogens is 484 g/mol. The molecule has 0 atom stereocenters. The number of nitrogens with zero attached hydrogens (tertiary/aromatic N) is 2. The van der Waals surface area contributed by atoms with E-state index >= 15 is 0 Å². The number of phenols is 1. The van der Waals surface area contributed by atoms with Gasteiger partial charge in [-0.05, 0) is 53.6 Å². The third kappa shape index (κ3) is 7.89. The second-order valence-corrected chi connectivity index (χ2v) is 8.30. The number of amides is 2. The molecule has 0 aromatic heterocycles. The van der Waals surface area contributed by atoms with Gasteiger partial charge in [0.05, 0.1) is 30.7 Å². The number of hydrazone groups is 1. The van der Waals surface area contributed by atoms with E-state index < -0.39 is 11.8 Å². The molecular formula is C26H27ClN4O5. The Balaban J connectivity index is 1.73. The number of hydrogen-bond donors (Lipinski definition) is 5. The van der Waals surface area contributed by atoms with Gasteiger partial charge >= 0.3 is 0 Å². The highest BCUT2D eigenvalue weighted by Gasteiger charge is 2.16. The lowest BCUT2D eigenvalue weighted by atomic mass is 10.1. The van der Waals surface area contributed by atoms with E-state index in [1.54, 1.807) is 36.4 Å². The first kappa shape index (κ1) is 26.8. The molecule has 0 bridgehead atoms. The van der Waals surface area contributed by atoms with Gasteiger partial charge in [-0.3, -0.25) is 14.5 Å². The van der Waals surface area contributed by atoms with Gasteiger partial charge in [0.2, 0.25) is 0 Å². The van der Waals surface area contributed by atoms with Crippen molar-refractivity contribution in [1.29, 1.82) is 0 Å². The number of aliphatic hydroxyl groups is 2. The third-order valence-electron chi connectivity index (χ3n) is 5.15. The van der Waals surface area contributed by atoms with Gasteiger partial charge in [0.15, 0.2) is 0 Å². The van der Waals surface area contributed by atoms with Gasteiger partial charge in [0.1, 0.15) is 5.75 Å². The van der Waals surface area contributed by atoms with E-state index in [4.69, 9.17) is 11.6 Å². The van der Waals surface area contributed by atoms with Crippen LogP contribution >= 0.6 is 11.6 Å². The van der Waals surface area contributed by atoms with Gasteiger partial charge in [-0.25, -0.2) is 5.43 Å². The lowest BCUT2D eigenvalue weighted by Crippen LogP contribution is -2.29. The second-order valence-electron chi connectivity index (χ2n) is 7.86. The van der Waals surface area contributed by atoms with Gasteiger partial charge in [-0.1, -0.05) is 35.9 Å². The molecule has 5 N–H and O–H groups in total. The summed E-state index contributed by atoms with van der Waals surface area (Å²) in [4.78, 5) is 27.6. The van der Waals surface area contributed by atoms with Crippen molar-refractivity contribution in [1.82, 2.24) is 10.3 Å². The Bertz CT molecular complexity index is 1230. The standard InChI is InChI=1S/C26H27ClN4O5/c27-21-7-8-24(23(15-21)26(36)30-28-16-18-3-2-6-22(34)14-18)29-25(35)20-5-1-4-19(13-20)17-31(9-11-32)10-12-33/h1-8,13-16,32-34H,9-12,17H2,(H,29,35)(H,30,36). The highest BCUT2D eigenvalue weighted by molar-refractivity contribution is 6.31. The fourth-order valence-corrected chi connectivity index (χ4v) is 3.63. The fourth-order valence-electron chi connectivity index (χ4n) is 3.46. The van der Waals surface area contributed by atoms with Crippen LogP contribution in [0.25, 0.3) is 0 Å². The molecule has 0 fully saturated rings. The topological polar surface area (TPSA) is 134 Å². The monoisotopic (exact) mass is 510 g/mol. The van der Waals surface area contributed by atoms with Gasteiger partial charge in [0.25, 0.3) is 11.8 Å². The van der Waals surface area contributed by atoms with Crippen molar-refractivity contribution in [3.63, 3.8) is 0 Å². The highest BCUT2D eigenvalue weighted by atomic mass is 35.5. The zero-order valence-corrected chi connectivity index (χ0v) is 20.2. The molecule has 0 saturated heterocycles. The summed E-state index contributed by atoms with van der Waals surface area (Å²) in [5.41, 5.74) is 4.57. The van der Waals surface area contributed by atoms with Crippen LogP contribution in [0.3, 0.4) is 0 Å². The van der Waals surface area contributed by atoms with Crippen molar-refractivity contribution >= 4 is 35.3 Å². The summed E-state index contributed by atoms with van der Waals surface area (Å²) in [6.45, 7) is 1.16. The Kier molecular flexibility index (Phi) is 9.96. The van der Waals surface area contributed by atoms with Crippen LogP contribution in [-0.2, 0) is 6.54 Å². The van der Waals surface area contributed by atoms with Crippen LogP contribution in [-0.4, -0.2) is 64.6 Å². The van der Waals surface area contributed by atoms with E-state index in [2.05, 4.69) is 15.8 Å². The number of anilines is 1. The molecule has 0 unspecified atom stereocenters. The molecule has 2 amide bonds. The fraction of sp³-hybridized carbons (Fsp3) is 0.192. The van der Waals surface area contributed by atoms with Crippen LogP contribution in [0.5, 0.6) is 5.75 Å². The zero-order valence-electron chi connectivity index (χ0n) is 19.4. The summed E-state index contributed by atoms with van der Waals surface area (Å²) >= 11 is 6.08. The van der Waals surface area contributed by atoms with Crippen LogP contribution in [0.1, 0.15) is 31.8 Å². The molecule has 0 spiro atoms. The Morgan fingerprint density at radius 3 is 2.42 bits per heavy atom. The molecule has 188 valence electrons. The lowest BCUT2D eigenvalue weighted by Gasteiger charge is -2.20. The summed E-state index contributed by atoms with van der Waals surface area (Å²) in [6, 6.07) is 17.8. The van der Waals surface area contributed by atoms with E-state index in [0.29, 0.717) is 35.8 Å². The Morgan fingerprint density at radius 1 is 0.944 bits per heavy atom. The lowest BCUT2D eigenvalue weighted by molar-refractivity contribution is 0.0956. The Morgan fingerprint density at radius 2 is 1.69 bits per heavy atom. The number of nitrogens with one attached hydrogen (secondary N) is 2. The molecule has 0 saturated carbocycles. The second kappa shape index (κ2) is 13.4. The number of aromatic hydroxyl groups is 1. The van der Waals surface area contributed by atoms with Gasteiger partial charge in [0, 0.05) is 30.2 Å². The van der Waals surface area contributed by atoms with Crippen molar-refractivity contribution in [3.8, 4) is 5.75 Å². The van der Waals surface area contributed by atoms with E-state index in [1.807, 2.05) is 11.0 Å². The van der Waals surface area contributed by atoms with Crippen LogP contribution in [0, 0.1) is 0 Å². The largest absolute Gasteiger partial charge is 0.508 e. The Labute approximate surface area is 213 Å². The van der Waals surface area contributed by atoms with Gasteiger partial charge in [-0.15, -0.1) is 0 Å². The molecule has 3 aromatic carbocycles. The molecule has 0 heterocycles. The number of aliphatic hydroxyl groups excluding tert-OH is 2. The van der Waals surface area contributed by atoms with Crippen molar-refractivity contribution in [2.45, 2.75) is 6.54 Å². The number of carbonyl (C=O) groups is 2. The molecule has 10 heteroatoms. The quantitative estimate of drug-likeness (QED) is 0.199. The van der Waals surface area contributed by atoms with Gasteiger partial charge in [-0.2, -0.15) is 5.10 Å². The molecule has 0 aliphatic rings. The average Bonchev–Trinajstić information content (AvgIpc) is 2.85. The summed E-state index contributed by atoms with van der Waals surface area (Å²) in [5, 5.41) is 34.9. The minimum Gasteiger partial charge on any atom is -0.508 e. The predicted molar refractivity (Wildman–Crippen MR) is 138 cm³/mol. The van der Waals surface area contributed by atoms with Crippen LogP contribution < -0.4 is 10.7 Å². The van der Waals surface area contributed by atoms with E-state index in [-0.39, 0.29) is 30.2 Å². The smallest absolute Gasteiger partial charge is 0.273 e. The minimum absolute atomic E-state index is 0.0422. The van der Waals surface area contributed by atoms with Crippen LogP contribution in [0.15, 0.2) is 71.8 Å². The number of phenolic OH excluding ortho intramolecular Hbond substituents is 1. The van der Waals surface area contributed by atoms with E-state index in [0.717, 1.165) is 5.56 Å². The number of rotatable bonds is 11. The van der Waals surface area contributed by atoms with Crippen LogP contribution in [0.2, 0.25) is 5.02 Å². The molecule has 3 aromatic rings. The first-order valence-electron chi connectivity index (χ1n) is 11.2. The predicted octanol–water partition coefficient (Wildman–Crippen LogP) is 2.85. The van der Waals surface area contributed by atoms with E-state index in [9.17, 15) is 24.9 Å². The van der Waals surface area contributed by atoms with Crippen molar-refractivity contribution in [2.24, 2.45) is 5.10 Å². The summed E-state index contributed by atoms with van der Waals surface area (Å²) in [7, 11) is 0. The first-order valence-corrected chi connectivity index (χ1v) is 11.5. The maximum Gasteiger partial charge on any atom is 0.273 e. The third-order valence-corrected chi connectivity index (χ3v) is 5.39. The zero-order chi connectivity index (χ0) is 25.9. The first-order chi connectivity index (χ1) is 17.4. The van der Waals surface area contributed by atoms with Gasteiger partial charge < -0.3 is 20.6 Å². The summed E-state index contributed by atoms with van der Waals surface area (Å²) in [6.07, 6.45) is 1.38. The Hall–Kier alpha value is -3.76. The molecule has 0 radical (unpaired) electrons.